The summed E-state index contributed by atoms with van der Waals surface area (Å²) < 4.78 is 13.8. The molecular formula is C15H9Cl2FN4O2S. The Bertz CT molecular complexity index is 988. The first kappa shape index (κ1) is 17.5. The molecule has 0 radical (unpaired) electrons. The number of benzene rings is 1. The van der Waals surface area contributed by atoms with Crippen molar-refractivity contribution in [2.45, 2.75) is 6.54 Å². The van der Waals surface area contributed by atoms with E-state index in [-0.39, 0.29) is 22.4 Å². The van der Waals surface area contributed by atoms with Crippen molar-refractivity contribution in [2.24, 2.45) is 0 Å². The van der Waals surface area contributed by atoms with Gasteiger partial charge in [0.2, 0.25) is 5.91 Å². The highest BCUT2D eigenvalue weighted by Gasteiger charge is 2.13. The number of hydrogen-bond acceptors (Lipinski definition) is 5. The molecule has 0 spiro atoms. The van der Waals surface area contributed by atoms with Crippen LogP contribution in [0.1, 0.15) is 0 Å². The van der Waals surface area contributed by atoms with Crippen molar-refractivity contribution in [1.82, 2.24) is 14.8 Å². The summed E-state index contributed by atoms with van der Waals surface area (Å²) in [5.41, 5.74) is 0.668. The molecule has 6 nitrogen and oxygen atoms in total. The van der Waals surface area contributed by atoms with Gasteiger partial charge in [-0.25, -0.2) is 14.1 Å². The minimum absolute atomic E-state index is 0.0205. The van der Waals surface area contributed by atoms with Gasteiger partial charge in [-0.15, -0.1) is 11.3 Å². The lowest BCUT2D eigenvalue weighted by Gasteiger charge is -2.05. The minimum Gasteiger partial charge on any atom is -0.300 e. The van der Waals surface area contributed by atoms with Gasteiger partial charge in [0.15, 0.2) is 5.13 Å². The number of aromatic nitrogens is 3. The van der Waals surface area contributed by atoms with Crippen LogP contribution in [0, 0.1) is 5.82 Å². The topological polar surface area (TPSA) is 76.9 Å². The zero-order chi connectivity index (χ0) is 18.0. The normalized spacial score (nSPS) is 10.7. The van der Waals surface area contributed by atoms with E-state index < -0.39 is 11.5 Å². The second-order valence-electron chi connectivity index (χ2n) is 4.86. The zero-order valence-corrected chi connectivity index (χ0v) is 14.7. The molecular weight excluding hydrogens is 390 g/mol. The van der Waals surface area contributed by atoms with Gasteiger partial charge in [-0.2, -0.15) is 5.10 Å². The third-order valence-corrected chi connectivity index (χ3v) is 4.63. The number of hydrogen-bond donors (Lipinski definition) is 1. The largest absolute Gasteiger partial charge is 0.300 e. The highest BCUT2D eigenvalue weighted by atomic mass is 35.5. The molecule has 1 aromatic carbocycles. The lowest BCUT2D eigenvalue weighted by Crippen LogP contribution is -2.29. The van der Waals surface area contributed by atoms with E-state index in [1.807, 2.05) is 0 Å². The van der Waals surface area contributed by atoms with Gasteiger partial charge in [-0.1, -0.05) is 23.2 Å². The van der Waals surface area contributed by atoms with E-state index in [9.17, 15) is 14.0 Å². The third kappa shape index (κ3) is 4.04. The SMILES string of the molecule is O=C(Cn1ncc(Cl)c(Cl)c1=O)Nc1nc(-c2ccc(F)cc2)cs1. The van der Waals surface area contributed by atoms with Gasteiger partial charge < -0.3 is 5.32 Å². The number of amides is 1. The Hall–Kier alpha value is -2.29. The van der Waals surface area contributed by atoms with Crippen LogP contribution in [0.3, 0.4) is 0 Å². The molecule has 0 saturated carbocycles. The fraction of sp³-hybridized carbons (Fsp3) is 0.0667. The lowest BCUT2D eigenvalue weighted by atomic mass is 10.2. The summed E-state index contributed by atoms with van der Waals surface area (Å²) in [7, 11) is 0. The van der Waals surface area contributed by atoms with Crippen LogP contribution in [0.2, 0.25) is 10.0 Å². The molecule has 3 aromatic rings. The molecule has 25 heavy (non-hydrogen) atoms. The number of rotatable bonds is 4. The molecule has 128 valence electrons. The first-order valence-electron chi connectivity index (χ1n) is 6.86. The molecule has 2 heterocycles. The van der Waals surface area contributed by atoms with Crippen molar-refractivity contribution in [3.63, 3.8) is 0 Å². The molecule has 3 rings (SSSR count). The van der Waals surface area contributed by atoms with Crippen molar-refractivity contribution in [3.8, 4) is 11.3 Å². The standard InChI is InChI=1S/C15H9Cl2FN4O2S/c16-10-5-19-22(14(24)13(10)17)6-12(23)21-15-20-11(7-25-15)8-1-3-9(18)4-2-8/h1-5,7H,6H2,(H,20,21,23). The summed E-state index contributed by atoms with van der Waals surface area (Å²) >= 11 is 12.6. The smallest absolute Gasteiger partial charge is 0.287 e. The Kier molecular flexibility index (Phi) is 5.12. The number of carbonyl (C=O) groups is 1. The molecule has 0 unspecified atom stereocenters. The predicted octanol–water partition coefficient (Wildman–Crippen LogP) is 3.45. The van der Waals surface area contributed by atoms with Gasteiger partial charge in [0.1, 0.15) is 17.4 Å². The van der Waals surface area contributed by atoms with E-state index in [1.165, 1.54) is 29.7 Å². The molecule has 0 bridgehead atoms. The van der Waals surface area contributed by atoms with Crippen molar-refractivity contribution in [2.75, 3.05) is 5.32 Å². The summed E-state index contributed by atoms with van der Waals surface area (Å²) in [5.74, 6) is -0.833. The number of carbonyl (C=O) groups excluding carboxylic acids is 1. The zero-order valence-electron chi connectivity index (χ0n) is 12.4. The Morgan fingerprint density at radius 3 is 2.72 bits per heavy atom. The van der Waals surface area contributed by atoms with E-state index >= 15 is 0 Å². The average molecular weight is 399 g/mol. The van der Waals surface area contributed by atoms with Gasteiger partial charge in [0, 0.05) is 10.9 Å². The fourth-order valence-corrected chi connectivity index (χ4v) is 2.94. The Labute approximate surface area is 154 Å². The van der Waals surface area contributed by atoms with Gasteiger partial charge >= 0.3 is 0 Å². The first-order chi connectivity index (χ1) is 11.9. The average Bonchev–Trinajstić information content (AvgIpc) is 3.04. The van der Waals surface area contributed by atoms with Crippen LogP contribution in [-0.4, -0.2) is 20.7 Å². The molecule has 0 atom stereocenters. The maximum atomic E-state index is 12.9. The van der Waals surface area contributed by atoms with Crippen LogP contribution in [0.25, 0.3) is 11.3 Å². The quantitative estimate of drug-likeness (QED) is 0.729. The Balaban J connectivity index is 1.71. The van der Waals surface area contributed by atoms with E-state index in [4.69, 9.17) is 23.2 Å². The van der Waals surface area contributed by atoms with Crippen molar-refractivity contribution < 1.29 is 9.18 Å². The lowest BCUT2D eigenvalue weighted by molar-refractivity contribution is -0.117. The van der Waals surface area contributed by atoms with E-state index in [0.29, 0.717) is 10.8 Å². The summed E-state index contributed by atoms with van der Waals surface area (Å²) in [6, 6.07) is 5.84. The number of nitrogens with one attached hydrogen (secondary N) is 1. The maximum Gasteiger partial charge on any atom is 0.287 e. The molecule has 0 aliphatic rings. The monoisotopic (exact) mass is 398 g/mol. The number of nitrogens with zero attached hydrogens (tertiary/aromatic N) is 3. The first-order valence-corrected chi connectivity index (χ1v) is 8.50. The van der Waals surface area contributed by atoms with Crippen molar-refractivity contribution >= 4 is 45.6 Å². The minimum atomic E-state index is -0.657. The van der Waals surface area contributed by atoms with Crippen LogP contribution in [-0.2, 0) is 11.3 Å². The highest BCUT2D eigenvalue weighted by molar-refractivity contribution is 7.14. The van der Waals surface area contributed by atoms with Gasteiger partial charge in [-0.3, -0.25) is 9.59 Å². The van der Waals surface area contributed by atoms with Gasteiger partial charge in [0.25, 0.3) is 5.56 Å². The predicted molar refractivity (Wildman–Crippen MR) is 94.7 cm³/mol. The van der Waals surface area contributed by atoms with Crippen LogP contribution < -0.4 is 10.9 Å². The molecule has 0 aliphatic carbocycles. The number of halogens is 3. The maximum absolute atomic E-state index is 12.9. The summed E-state index contributed by atoms with van der Waals surface area (Å²) in [4.78, 5) is 28.2. The van der Waals surface area contributed by atoms with E-state index in [0.717, 1.165) is 10.2 Å². The molecule has 0 saturated heterocycles. The van der Waals surface area contributed by atoms with Crippen molar-refractivity contribution in [3.05, 3.63) is 62.1 Å². The molecule has 1 amide bonds. The molecule has 2 aromatic heterocycles. The third-order valence-electron chi connectivity index (χ3n) is 3.13. The van der Waals surface area contributed by atoms with E-state index in [2.05, 4.69) is 15.4 Å². The fourth-order valence-electron chi connectivity index (χ4n) is 1.94. The second kappa shape index (κ2) is 7.30. The van der Waals surface area contributed by atoms with E-state index in [1.54, 1.807) is 17.5 Å². The van der Waals surface area contributed by atoms with Gasteiger partial charge in [-0.05, 0) is 24.3 Å². The van der Waals surface area contributed by atoms with Crippen LogP contribution in [0.5, 0.6) is 0 Å². The Morgan fingerprint density at radius 2 is 2.00 bits per heavy atom. The number of anilines is 1. The molecule has 0 fully saturated rings. The molecule has 0 aliphatic heterocycles. The van der Waals surface area contributed by atoms with Gasteiger partial charge in [0.05, 0.1) is 16.9 Å². The van der Waals surface area contributed by atoms with Crippen LogP contribution >= 0.6 is 34.5 Å². The second-order valence-corrected chi connectivity index (χ2v) is 6.51. The summed E-state index contributed by atoms with van der Waals surface area (Å²) in [5, 5.41) is 8.22. The Morgan fingerprint density at radius 1 is 1.28 bits per heavy atom. The summed E-state index contributed by atoms with van der Waals surface area (Å²) in [6.07, 6.45) is 1.19. The van der Waals surface area contributed by atoms with Crippen LogP contribution in [0.4, 0.5) is 9.52 Å². The highest BCUT2D eigenvalue weighted by Crippen LogP contribution is 2.25. The molecule has 1 N–H and O–H groups in total. The molecule has 10 heteroatoms. The van der Waals surface area contributed by atoms with Crippen LogP contribution in [0.15, 0.2) is 40.6 Å². The summed E-state index contributed by atoms with van der Waals surface area (Å²) in [6.45, 7) is -0.332. The number of thiazole rings is 1. The van der Waals surface area contributed by atoms with Crippen molar-refractivity contribution in [1.29, 1.82) is 0 Å².